The monoisotopic (exact) mass is 552 g/mol. The van der Waals surface area contributed by atoms with Crippen LogP contribution in [-0.4, -0.2) is 11.7 Å². The first-order valence-electron chi connectivity index (χ1n) is 14.8. The summed E-state index contributed by atoms with van der Waals surface area (Å²) in [5.41, 5.74) is 9.91. The van der Waals surface area contributed by atoms with E-state index >= 15 is 0 Å². The standard InChI is InChI=1S/C40H56O/c1-33(2)18-12-21-36(6)24-15-27-38(8)26-14-23-35(5)20-10-11-30-40(32-41)31-17-29-39(9)28-16-25-37(7)22-13-19-34(3)4/h10-11,14-20,23-31,41H,12-13,21-22,32H2,1-9H3/b11-10+,23-14+,27-15+,28-16+,31-17+,35-20+,36-24+,37-25+,38-26+,39-29+,40-30-. The minimum atomic E-state index is 0.00153. The Morgan fingerprint density at radius 1 is 0.439 bits per heavy atom. The zero-order valence-electron chi connectivity index (χ0n) is 27.4. The van der Waals surface area contributed by atoms with Gasteiger partial charge in [0.25, 0.3) is 0 Å². The summed E-state index contributed by atoms with van der Waals surface area (Å²) in [7, 11) is 0. The highest BCUT2D eigenvalue weighted by Crippen LogP contribution is 2.09. The lowest BCUT2D eigenvalue weighted by molar-refractivity contribution is 0.335. The number of hydrogen-bond donors (Lipinski definition) is 1. The summed E-state index contributed by atoms with van der Waals surface area (Å²) in [5, 5.41) is 9.68. The van der Waals surface area contributed by atoms with Crippen molar-refractivity contribution in [3.63, 3.8) is 0 Å². The number of aliphatic hydroxyl groups is 1. The third kappa shape index (κ3) is 25.3. The maximum atomic E-state index is 9.68. The first-order chi connectivity index (χ1) is 19.5. The van der Waals surface area contributed by atoms with Gasteiger partial charge in [0, 0.05) is 0 Å². The Morgan fingerprint density at radius 3 is 1.22 bits per heavy atom. The third-order valence-corrected chi connectivity index (χ3v) is 6.01. The van der Waals surface area contributed by atoms with E-state index in [0.29, 0.717) is 0 Å². The molecule has 0 unspecified atom stereocenters. The van der Waals surface area contributed by atoms with Gasteiger partial charge in [0.15, 0.2) is 0 Å². The van der Waals surface area contributed by atoms with Crippen molar-refractivity contribution in [2.45, 2.75) is 88.0 Å². The van der Waals surface area contributed by atoms with E-state index in [1.165, 1.54) is 27.9 Å². The van der Waals surface area contributed by atoms with Crippen LogP contribution in [0.4, 0.5) is 0 Å². The van der Waals surface area contributed by atoms with Gasteiger partial charge in [-0.05, 0) is 93.6 Å². The van der Waals surface area contributed by atoms with Crippen LogP contribution in [0.15, 0.2) is 154 Å². The maximum absolute atomic E-state index is 9.68. The Hall–Kier alpha value is -3.42. The normalized spacial score (nSPS) is 15.0. The molecule has 1 nitrogen and oxygen atoms in total. The second kappa shape index (κ2) is 24.4. The van der Waals surface area contributed by atoms with Crippen LogP contribution in [0.2, 0.25) is 0 Å². The van der Waals surface area contributed by atoms with Crippen LogP contribution in [0.1, 0.15) is 88.0 Å². The summed E-state index contributed by atoms with van der Waals surface area (Å²) < 4.78 is 0. The average molecular weight is 553 g/mol. The molecule has 0 aromatic heterocycles. The number of hydrogen-bond acceptors (Lipinski definition) is 1. The average Bonchev–Trinajstić information content (AvgIpc) is 2.89. The van der Waals surface area contributed by atoms with Gasteiger partial charge in [0.2, 0.25) is 0 Å². The molecule has 0 amide bonds. The summed E-state index contributed by atoms with van der Waals surface area (Å²) in [6.07, 6.45) is 42.0. The van der Waals surface area contributed by atoms with Gasteiger partial charge in [0.05, 0.1) is 6.61 Å². The maximum Gasteiger partial charge on any atom is 0.0681 e. The molecule has 0 aliphatic carbocycles. The highest BCUT2D eigenvalue weighted by molar-refractivity contribution is 5.33. The molecule has 1 heteroatoms. The minimum absolute atomic E-state index is 0.00153. The second-order valence-corrected chi connectivity index (χ2v) is 11.1. The zero-order chi connectivity index (χ0) is 30.9. The molecule has 0 aromatic carbocycles. The topological polar surface area (TPSA) is 20.2 Å². The first-order valence-corrected chi connectivity index (χ1v) is 14.8. The Bertz CT molecular complexity index is 1160. The molecule has 0 aliphatic heterocycles. The summed E-state index contributed by atoms with van der Waals surface area (Å²) in [4.78, 5) is 0. The fourth-order valence-corrected chi connectivity index (χ4v) is 3.46. The smallest absolute Gasteiger partial charge is 0.0681 e. The molecule has 0 saturated heterocycles. The molecule has 222 valence electrons. The van der Waals surface area contributed by atoms with Crippen molar-refractivity contribution in [3.05, 3.63) is 154 Å². The van der Waals surface area contributed by atoms with E-state index in [4.69, 9.17) is 0 Å². The van der Waals surface area contributed by atoms with E-state index in [1.54, 1.807) is 0 Å². The highest BCUT2D eigenvalue weighted by Gasteiger charge is 1.89. The molecule has 0 atom stereocenters. The van der Waals surface area contributed by atoms with Crippen molar-refractivity contribution in [1.29, 1.82) is 0 Å². The quantitative estimate of drug-likeness (QED) is 0.140. The molecule has 0 aromatic rings. The molecule has 0 heterocycles. The largest absolute Gasteiger partial charge is 0.392 e. The molecule has 0 bridgehead atoms. The lowest BCUT2D eigenvalue weighted by Crippen LogP contribution is -1.84. The molecule has 0 fully saturated rings. The lowest BCUT2D eigenvalue weighted by Gasteiger charge is -1.97. The van der Waals surface area contributed by atoms with Crippen LogP contribution in [0.3, 0.4) is 0 Å². The van der Waals surface area contributed by atoms with E-state index in [-0.39, 0.29) is 6.61 Å². The molecular formula is C40H56O. The summed E-state index contributed by atoms with van der Waals surface area (Å²) in [5.74, 6) is 0. The van der Waals surface area contributed by atoms with E-state index in [0.717, 1.165) is 42.4 Å². The molecule has 0 radical (unpaired) electrons. The predicted molar refractivity (Wildman–Crippen MR) is 187 cm³/mol. The fraction of sp³-hybridized carbons (Fsp3) is 0.350. The zero-order valence-corrected chi connectivity index (χ0v) is 27.4. The predicted octanol–water partition coefficient (Wildman–Crippen LogP) is 11.9. The van der Waals surface area contributed by atoms with Gasteiger partial charge in [-0.15, -0.1) is 0 Å². The molecular weight excluding hydrogens is 496 g/mol. The van der Waals surface area contributed by atoms with Crippen molar-refractivity contribution >= 4 is 0 Å². The van der Waals surface area contributed by atoms with E-state index in [9.17, 15) is 5.11 Å². The van der Waals surface area contributed by atoms with Gasteiger partial charge in [-0.3, -0.25) is 0 Å². The summed E-state index contributed by atoms with van der Waals surface area (Å²) in [6, 6.07) is 0. The second-order valence-electron chi connectivity index (χ2n) is 11.1. The number of allylic oxidation sites excluding steroid dienone is 24. The van der Waals surface area contributed by atoms with Gasteiger partial charge in [-0.2, -0.15) is 0 Å². The molecule has 41 heavy (non-hydrogen) atoms. The lowest BCUT2D eigenvalue weighted by atomic mass is 10.1. The molecule has 0 aliphatic rings. The number of aliphatic hydroxyl groups excluding tert-OH is 1. The van der Waals surface area contributed by atoms with Gasteiger partial charge in [-0.1, -0.05) is 148 Å². The van der Waals surface area contributed by atoms with Gasteiger partial charge in [0.1, 0.15) is 0 Å². The van der Waals surface area contributed by atoms with Crippen molar-refractivity contribution in [2.75, 3.05) is 6.61 Å². The van der Waals surface area contributed by atoms with Crippen molar-refractivity contribution in [2.24, 2.45) is 0 Å². The van der Waals surface area contributed by atoms with Crippen LogP contribution in [0, 0.1) is 0 Å². The van der Waals surface area contributed by atoms with Gasteiger partial charge >= 0.3 is 0 Å². The Labute approximate surface area is 253 Å². The Balaban J connectivity index is 4.84. The minimum Gasteiger partial charge on any atom is -0.392 e. The third-order valence-electron chi connectivity index (χ3n) is 6.01. The first kappa shape index (κ1) is 37.6. The SMILES string of the molecule is CC(C)=CCC/C(C)=C/C=C/C(C)=C/C=C/C(=C/C=C/C=C(C)/C=C/C=C(C)/C=C/C=C(\C)CCC=C(C)C)CO. The molecule has 0 saturated carbocycles. The van der Waals surface area contributed by atoms with Crippen molar-refractivity contribution in [1.82, 2.24) is 0 Å². The van der Waals surface area contributed by atoms with Crippen LogP contribution in [0.5, 0.6) is 0 Å². The summed E-state index contributed by atoms with van der Waals surface area (Å²) in [6.45, 7) is 19.2. The van der Waals surface area contributed by atoms with Gasteiger partial charge in [-0.25, -0.2) is 0 Å². The van der Waals surface area contributed by atoms with E-state index < -0.39 is 0 Å². The number of rotatable bonds is 17. The molecule has 0 rings (SSSR count). The van der Waals surface area contributed by atoms with Crippen LogP contribution < -0.4 is 0 Å². The Kier molecular flexibility index (Phi) is 22.3. The Morgan fingerprint density at radius 2 is 0.805 bits per heavy atom. The fourth-order valence-electron chi connectivity index (χ4n) is 3.46. The van der Waals surface area contributed by atoms with Crippen LogP contribution >= 0.6 is 0 Å². The molecule has 0 spiro atoms. The van der Waals surface area contributed by atoms with E-state index in [2.05, 4.69) is 141 Å². The van der Waals surface area contributed by atoms with Crippen molar-refractivity contribution < 1.29 is 5.11 Å². The van der Waals surface area contributed by atoms with E-state index in [1.807, 2.05) is 30.4 Å². The van der Waals surface area contributed by atoms with Crippen LogP contribution in [-0.2, 0) is 0 Å². The molecule has 1 N–H and O–H groups in total. The summed E-state index contributed by atoms with van der Waals surface area (Å²) >= 11 is 0. The van der Waals surface area contributed by atoms with Gasteiger partial charge < -0.3 is 5.11 Å². The van der Waals surface area contributed by atoms with Crippen molar-refractivity contribution in [3.8, 4) is 0 Å². The highest BCUT2D eigenvalue weighted by atomic mass is 16.3. The van der Waals surface area contributed by atoms with Crippen LogP contribution in [0.25, 0.3) is 0 Å².